The first-order valence-corrected chi connectivity index (χ1v) is 11.5. The number of hydrogen-bond donors (Lipinski definition) is 2. The molecule has 0 spiro atoms. The van der Waals surface area contributed by atoms with Crippen LogP contribution < -0.4 is 10.6 Å². The lowest BCUT2D eigenvalue weighted by Gasteiger charge is -2.13. The number of para-hydroxylation sites is 1. The molecule has 0 fully saturated rings. The molecule has 1 aromatic heterocycles. The molecule has 170 valence electrons. The third-order valence-electron chi connectivity index (χ3n) is 4.57. The number of nitrogens with one attached hydrogen (secondary N) is 2. The van der Waals surface area contributed by atoms with Crippen LogP contribution in [0.4, 0.5) is 5.69 Å². The second-order valence-corrected chi connectivity index (χ2v) is 8.67. The number of rotatable bonds is 9. The van der Waals surface area contributed by atoms with Gasteiger partial charge in [0, 0.05) is 11.4 Å². The quantitative estimate of drug-likeness (QED) is 0.351. The predicted molar refractivity (Wildman–Crippen MR) is 132 cm³/mol. The van der Waals surface area contributed by atoms with Crippen LogP contribution in [0.25, 0.3) is 11.6 Å². The number of ether oxygens (including phenoxy) is 1. The molecule has 2 N–H and O–H groups in total. The van der Waals surface area contributed by atoms with Crippen molar-refractivity contribution in [1.29, 1.82) is 0 Å². The van der Waals surface area contributed by atoms with Crippen LogP contribution in [0, 0.1) is 5.92 Å². The lowest BCUT2D eigenvalue weighted by atomic mass is 10.1. The Morgan fingerprint density at radius 2 is 1.70 bits per heavy atom. The van der Waals surface area contributed by atoms with Gasteiger partial charge in [-0.2, -0.15) is 0 Å². The van der Waals surface area contributed by atoms with Crippen LogP contribution in [-0.2, 0) is 14.3 Å². The number of benzene rings is 2. The highest BCUT2D eigenvalue weighted by Crippen LogP contribution is 2.24. The molecule has 0 radical (unpaired) electrons. The van der Waals surface area contributed by atoms with Gasteiger partial charge in [0.25, 0.3) is 11.8 Å². The van der Waals surface area contributed by atoms with Crippen molar-refractivity contribution < 1.29 is 19.1 Å². The van der Waals surface area contributed by atoms with Gasteiger partial charge in [0.1, 0.15) is 0 Å². The highest BCUT2D eigenvalue weighted by molar-refractivity contribution is 7.11. The number of carbonyl (C=O) groups excluding carboxylic acids is 3. The van der Waals surface area contributed by atoms with E-state index in [4.69, 9.17) is 4.74 Å². The van der Waals surface area contributed by atoms with Gasteiger partial charge in [-0.1, -0.05) is 62.4 Å². The van der Waals surface area contributed by atoms with E-state index in [0.29, 0.717) is 29.3 Å². The first-order chi connectivity index (χ1) is 15.9. The average molecular weight is 463 g/mol. The molecule has 0 saturated carbocycles. The van der Waals surface area contributed by atoms with Crippen molar-refractivity contribution >= 4 is 46.5 Å². The molecule has 2 amide bonds. The Kier molecular flexibility index (Phi) is 8.55. The number of carbonyl (C=O) groups is 3. The second-order valence-electron chi connectivity index (χ2n) is 7.72. The van der Waals surface area contributed by atoms with Crippen LogP contribution in [0.3, 0.4) is 0 Å². The highest BCUT2D eigenvalue weighted by atomic mass is 32.1. The number of thiophene rings is 1. The Hall–Kier alpha value is -3.71. The molecule has 0 unspecified atom stereocenters. The van der Waals surface area contributed by atoms with E-state index in [-0.39, 0.29) is 5.91 Å². The summed E-state index contributed by atoms with van der Waals surface area (Å²) >= 11 is 1.41. The molecule has 0 atom stereocenters. The van der Waals surface area contributed by atoms with E-state index >= 15 is 0 Å². The minimum absolute atomic E-state index is 0.276. The third kappa shape index (κ3) is 7.15. The summed E-state index contributed by atoms with van der Waals surface area (Å²) in [5, 5.41) is 7.37. The zero-order valence-corrected chi connectivity index (χ0v) is 19.4. The number of anilines is 1. The maximum atomic E-state index is 12.8. The monoisotopic (exact) mass is 462 g/mol. The Morgan fingerprint density at radius 1 is 0.970 bits per heavy atom. The summed E-state index contributed by atoms with van der Waals surface area (Å²) in [6.45, 7) is 4.05. The molecule has 0 aliphatic rings. The van der Waals surface area contributed by atoms with Gasteiger partial charge in [0.2, 0.25) is 0 Å². The Morgan fingerprint density at radius 3 is 2.39 bits per heavy atom. The minimum Gasteiger partial charge on any atom is -0.452 e. The fourth-order valence-corrected chi connectivity index (χ4v) is 3.69. The fraction of sp³-hybridized carbons (Fsp3) is 0.192. The van der Waals surface area contributed by atoms with E-state index in [2.05, 4.69) is 10.6 Å². The molecule has 0 aliphatic carbocycles. The van der Waals surface area contributed by atoms with E-state index < -0.39 is 18.5 Å². The van der Waals surface area contributed by atoms with Crippen molar-refractivity contribution in [2.45, 2.75) is 13.8 Å². The zero-order valence-electron chi connectivity index (χ0n) is 18.5. The third-order valence-corrected chi connectivity index (χ3v) is 5.47. The molecule has 0 aliphatic heterocycles. The first-order valence-electron chi connectivity index (χ1n) is 10.6. The molecule has 0 bridgehead atoms. The molecule has 1 heterocycles. The van der Waals surface area contributed by atoms with Crippen LogP contribution in [0.5, 0.6) is 0 Å². The molecule has 6 nitrogen and oxygen atoms in total. The van der Waals surface area contributed by atoms with E-state index in [1.165, 1.54) is 11.3 Å². The van der Waals surface area contributed by atoms with Gasteiger partial charge in [0.05, 0.1) is 16.8 Å². The lowest BCUT2D eigenvalue weighted by Crippen LogP contribution is -2.29. The molecular formula is C26H26N2O4S. The minimum atomic E-state index is -0.598. The van der Waals surface area contributed by atoms with Crippen LogP contribution in [0.15, 0.2) is 72.1 Å². The Balaban J connectivity index is 1.66. The predicted octanol–water partition coefficient (Wildman–Crippen LogP) is 4.86. The molecule has 3 aromatic rings. The molecule has 7 heteroatoms. The van der Waals surface area contributed by atoms with Crippen molar-refractivity contribution in [3.63, 3.8) is 0 Å². The lowest BCUT2D eigenvalue weighted by molar-refractivity contribution is -0.141. The summed E-state index contributed by atoms with van der Waals surface area (Å²) in [5.74, 6) is -1.10. The number of esters is 1. The largest absolute Gasteiger partial charge is 0.452 e. The SMILES string of the molecule is CC(C)CNC(=O)c1ccccc1NC(=O)COC(=O)/C(=C/c1ccccc1)c1cccs1. The highest BCUT2D eigenvalue weighted by Gasteiger charge is 2.18. The molecule has 3 rings (SSSR count). The smallest absolute Gasteiger partial charge is 0.340 e. The van der Waals surface area contributed by atoms with Gasteiger partial charge in [-0.15, -0.1) is 11.3 Å². The van der Waals surface area contributed by atoms with Crippen molar-refractivity contribution in [2.75, 3.05) is 18.5 Å². The maximum absolute atomic E-state index is 12.8. The summed E-state index contributed by atoms with van der Waals surface area (Å²) in [7, 11) is 0. The number of amides is 2. The molecule has 0 saturated heterocycles. The number of hydrogen-bond acceptors (Lipinski definition) is 5. The topological polar surface area (TPSA) is 84.5 Å². The zero-order chi connectivity index (χ0) is 23.6. The van der Waals surface area contributed by atoms with Crippen molar-refractivity contribution in [1.82, 2.24) is 5.32 Å². The van der Waals surface area contributed by atoms with E-state index in [1.54, 1.807) is 30.3 Å². The second kappa shape index (κ2) is 11.8. The fourth-order valence-electron chi connectivity index (χ4n) is 2.96. The standard InChI is InChI=1S/C26H26N2O4S/c1-18(2)16-27-25(30)20-11-6-7-12-22(20)28-24(29)17-32-26(31)21(23-13-8-14-33-23)15-19-9-4-3-5-10-19/h3-15,18H,16-17H2,1-2H3,(H,27,30)(H,28,29)/b21-15+. The molecular weight excluding hydrogens is 436 g/mol. The van der Waals surface area contributed by atoms with Gasteiger partial charge < -0.3 is 15.4 Å². The Bertz CT molecular complexity index is 1120. The Labute approximate surface area is 197 Å². The van der Waals surface area contributed by atoms with Gasteiger partial charge in [-0.05, 0) is 41.1 Å². The average Bonchev–Trinajstić information content (AvgIpc) is 3.35. The first kappa shape index (κ1) is 23.9. The van der Waals surface area contributed by atoms with Crippen LogP contribution >= 0.6 is 11.3 Å². The molecule has 33 heavy (non-hydrogen) atoms. The van der Waals surface area contributed by atoms with Gasteiger partial charge in [0.15, 0.2) is 6.61 Å². The summed E-state index contributed by atoms with van der Waals surface area (Å²) in [4.78, 5) is 38.5. The summed E-state index contributed by atoms with van der Waals surface area (Å²) in [5.41, 5.74) is 1.93. The van der Waals surface area contributed by atoms with E-state index in [0.717, 1.165) is 10.4 Å². The van der Waals surface area contributed by atoms with E-state index in [9.17, 15) is 14.4 Å². The van der Waals surface area contributed by atoms with Crippen molar-refractivity contribution in [3.05, 3.63) is 88.1 Å². The van der Waals surface area contributed by atoms with Gasteiger partial charge in [-0.25, -0.2) is 4.79 Å². The van der Waals surface area contributed by atoms with E-state index in [1.807, 2.05) is 61.7 Å². The maximum Gasteiger partial charge on any atom is 0.340 e. The van der Waals surface area contributed by atoms with Crippen molar-refractivity contribution in [3.8, 4) is 0 Å². The normalized spacial score (nSPS) is 11.2. The molecule has 2 aromatic carbocycles. The summed E-state index contributed by atoms with van der Waals surface area (Å²) < 4.78 is 5.30. The van der Waals surface area contributed by atoms with Gasteiger partial charge >= 0.3 is 5.97 Å². The van der Waals surface area contributed by atoms with Crippen molar-refractivity contribution in [2.24, 2.45) is 5.92 Å². The van der Waals surface area contributed by atoms with Crippen LogP contribution in [0.1, 0.15) is 34.6 Å². The van der Waals surface area contributed by atoms with Crippen LogP contribution in [-0.4, -0.2) is 30.9 Å². The van der Waals surface area contributed by atoms with Crippen LogP contribution in [0.2, 0.25) is 0 Å². The van der Waals surface area contributed by atoms with Gasteiger partial charge in [-0.3, -0.25) is 9.59 Å². The summed E-state index contributed by atoms with van der Waals surface area (Å²) in [6.07, 6.45) is 1.74. The summed E-state index contributed by atoms with van der Waals surface area (Å²) in [6, 6.07) is 19.8.